The molecule has 0 spiro atoms. The van der Waals surface area contributed by atoms with Crippen molar-refractivity contribution in [2.75, 3.05) is 13.1 Å². The molecule has 2 fully saturated rings. The van der Waals surface area contributed by atoms with Gasteiger partial charge in [-0.1, -0.05) is 6.42 Å². The van der Waals surface area contributed by atoms with E-state index >= 15 is 0 Å². The van der Waals surface area contributed by atoms with Crippen molar-refractivity contribution < 1.29 is 26.0 Å². The molecule has 0 radical (unpaired) electrons. The fourth-order valence-corrected chi connectivity index (χ4v) is 5.24. The summed E-state index contributed by atoms with van der Waals surface area (Å²) in [6, 6.07) is -0.198. The SMILES string of the molecule is Cl.NC1CCCC2CN(S(=O)(=O)c3c(F)c(F)cc(F)c3F)CC12. The number of rotatable bonds is 2. The van der Waals surface area contributed by atoms with Gasteiger partial charge < -0.3 is 5.73 Å². The van der Waals surface area contributed by atoms with E-state index < -0.39 is 38.2 Å². The maximum absolute atomic E-state index is 13.8. The fraction of sp³-hybridized carbons (Fsp3) is 0.571. The predicted molar refractivity (Wildman–Crippen MR) is 81.1 cm³/mol. The van der Waals surface area contributed by atoms with Crippen LogP contribution in [0.25, 0.3) is 0 Å². The Labute approximate surface area is 143 Å². The first-order valence-electron chi connectivity index (χ1n) is 7.32. The van der Waals surface area contributed by atoms with E-state index in [4.69, 9.17) is 5.73 Å². The molecule has 3 unspecified atom stereocenters. The molecular weight excluding hydrogens is 372 g/mol. The van der Waals surface area contributed by atoms with Crippen LogP contribution in [0.2, 0.25) is 0 Å². The van der Waals surface area contributed by atoms with E-state index in [-0.39, 0.29) is 49.4 Å². The number of fused-ring (bicyclic) bond motifs is 1. The second-order valence-electron chi connectivity index (χ2n) is 6.14. The van der Waals surface area contributed by atoms with Crippen molar-refractivity contribution in [3.8, 4) is 0 Å². The quantitative estimate of drug-likeness (QED) is 0.625. The van der Waals surface area contributed by atoms with Crippen LogP contribution < -0.4 is 5.73 Å². The minimum absolute atomic E-state index is 0. The Kier molecular flexibility index (Phi) is 5.49. The van der Waals surface area contributed by atoms with Crippen molar-refractivity contribution in [1.82, 2.24) is 4.31 Å². The van der Waals surface area contributed by atoms with Crippen LogP contribution in [0.15, 0.2) is 11.0 Å². The van der Waals surface area contributed by atoms with Gasteiger partial charge in [-0.05, 0) is 24.7 Å². The summed E-state index contributed by atoms with van der Waals surface area (Å²) in [6.07, 6.45) is 2.38. The van der Waals surface area contributed by atoms with Gasteiger partial charge in [0, 0.05) is 25.2 Å². The zero-order valence-electron chi connectivity index (χ0n) is 12.5. The van der Waals surface area contributed by atoms with E-state index in [1.807, 2.05) is 0 Å². The Morgan fingerprint density at radius 1 is 1.04 bits per heavy atom. The summed E-state index contributed by atoms with van der Waals surface area (Å²) in [6.45, 7) is 0.0584. The van der Waals surface area contributed by atoms with Crippen LogP contribution in [-0.4, -0.2) is 31.9 Å². The second-order valence-corrected chi connectivity index (χ2v) is 8.01. The summed E-state index contributed by atoms with van der Waals surface area (Å²) in [7, 11) is -4.68. The van der Waals surface area contributed by atoms with E-state index in [2.05, 4.69) is 0 Å². The van der Waals surface area contributed by atoms with E-state index in [1.165, 1.54) is 0 Å². The monoisotopic (exact) mass is 388 g/mol. The molecule has 0 amide bonds. The molecule has 10 heteroatoms. The Hall–Kier alpha value is -0.900. The molecule has 0 bridgehead atoms. The van der Waals surface area contributed by atoms with Gasteiger partial charge in [0.1, 0.15) is 0 Å². The summed E-state index contributed by atoms with van der Waals surface area (Å²) in [5.74, 6) is -7.39. The van der Waals surface area contributed by atoms with Gasteiger partial charge in [-0.15, -0.1) is 12.4 Å². The van der Waals surface area contributed by atoms with Gasteiger partial charge in [-0.3, -0.25) is 0 Å². The maximum atomic E-state index is 13.8. The summed E-state index contributed by atoms with van der Waals surface area (Å²) in [5, 5.41) is 0. The first-order chi connectivity index (χ1) is 10.7. The molecule has 136 valence electrons. The van der Waals surface area contributed by atoms with E-state index in [0.717, 1.165) is 23.6 Å². The Morgan fingerprint density at radius 2 is 1.62 bits per heavy atom. The molecule has 1 saturated heterocycles. The van der Waals surface area contributed by atoms with Crippen molar-refractivity contribution >= 4 is 22.4 Å². The number of nitrogens with zero attached hydrogens (tertiary/aromatic N) is 1. The largest absolute Gasteiger partial charge is 0.327 e. The number of hydrogen-bond donors (Lipinski definition) is 1. The number of hydrogen-bond acceptors (Lipinski definition) is 3. The number of benzene rings is 1. The van der Waals surface area contributed by atoms with Crippen LogP contribution in [0.5, 0.6) is 0 Å². The molecule has 1 heterocycles. The van der Waals surface area contributed by atoms with Crippen molar-refractivity contribution in [3.05, 3.63) is 29.3 Å². The van der Waals surface area contributed by atoms with Gasteiger partial charge in [0.2, 0.25) is 10.0 Å². The highest BCUT2D eigenvalue weighted by Crippen LogP contribution is 2.38. The van der Waals surface area contributed by atoms with Crippen molar-refractivity contribution in [3.63, 3.8) is 0 Å². The first-order valence-corrected chi connectivity index (χ1v) is 8.76. The first kappa shape index (κ1) is 19.4. The average Bonchev–Trinajstić information content (AvgIpc) is 2.92. The third-order valence-electron chi connectivity index (χ3n) is 4.79. The molecule has 3 rings (SSSR count). The number of halogens is 5. The van der Waals surface area contributed by atoms with Crippen LogP contribution >= 0.6 is 12.4 Å². The second kappa shape index (κ2) is 6.78. The Balaban J connectivity index is 0.00000208. The minimum Gasteiger partial charge on any atom is -0.327 e. The van der Waals surface area contributed by atoms with Crippen LogP contribution in [0.1, 0.15) is 19.3 Å². The molecule has 1 aliphatic heterocycles. The zero-order chi connectivity index (χ0) is 16.9. The molecule has 24 heavy (non-hydrogen) atoms. The van der Waals surface area contributed by atoms with E-state index in [0.29, 0.717) is 0 Å². The fourth-order valence-electron chi connectivity index (χ4n) is 3.58. The van der Waals surface area contributed by atoms with E-state index in [1.54, 1.807) is 0 Å². The third-order valence-corrected chi connectivity index (χ3v) is 6.64. The average molecular weight is 389 g/mol. The van der Waals surface area contributed by atoms with Gasteiger partial charge in [0.15, 0.2) is 28.2 Å². The lowest BCUT2D eigenvalue weighted by Gasteiger charge is -2.29. The standard InChI is InChI=1S/C14H16F4N2O2S.ClH/c15-9-4-10(16)13(18)14(12(9)17)23(21,22)20-5-7-2-1-3-11(19)8(7)6-20;/h4,7-8,11H,1-3,5-6,19H2;1H. The summed E-state index contributed by atoms with van der Waals surface area (Å²) in [5.41, 5.74) is 5.98. The maximum Gasteiger partial charge on any atom is 0.249 e. The van der Waals surface area contributed by atoms with Crippen molar-refractivity contribution in [2.45, 2.75) is 30.2 Å². The van der Waals surface area contributed by atoms with Gasteiger partial charge in [0.05, 0.1) is 0 Å². The Morgan fingerprint density at radius 3 is 2.17 bits per heavy atom. The highest BCUT2D eigenvalue weighted by Gasteiger charge is 2.45. The molecule has 1 aromatic carbocycles. The highest BCUT2D eigenvalue weighted by atomic mass is 35.5. The molecule has 0 aromatic heterocycles. The van der Waals surface area contributed by atoms with Gasteiger partial charge in [-0.2, -0.15) is 4.31 Å². The molecule has 2 N–H and O–H groups in total. The third kappa shape index (κ3) is 3.02. The van der Waals surface area contributed by atoms with Crippen LogP contribution in [-0.2, 0) is 10.0 Å². The van der Waals surface area contributed by atoms with E-state index in [9.17, 15) is 26.0 Å². The summed E-state index contributed by atoms with van der Waals surface area (Å²) >= 11 is 0. The molecule has 1 aliphatic carbocycles. The summed E-state index contributed by atoms with van der Waals surface area (Å²) < 4.78 is 80.2. The molecule has 2 aliphatic rings. The van der Waals surface area contributed by atoms with Crippen LogP contribution in [0.3, 0.4) is 0 Å². The number of nitrogens with two attached hydrogens (primary N) is 1. The molecule has 1 aromatic rings. The van der Waals surface area contributed by atoms with Crippen LogP contribution in [0.4, 0.5) is 17.6 Å². The Bertz CT molecular complexity index is 721. The van der Waals surface area contributed by atoms with Gasteiger partial charge in [0.25, 0.3) is 0 Å². The number of sulfonamides is 1. The van der Waals surface area contributed by atoms with Crippen LogP contribution in [0, 0.1) is 35.1 Å². The smallest absolute Gasteiger partial charge is 0.249 e. The zero-order valence-corrected chi connectivity index (χ0v) is 14.1. The lowest BCUT2D eigenvalue weighted by molar-refractivity contribution is 0.260. The van der Waals surface area contributed by atoms with Gasteiger partial charge in [-0.25, -0.2) is 26.0 Å². The molecular formula is C14H17ClF4N2O2S. The lowest BCUT2D eigenvalue weighted by Crippen LogP contribution is -2.38. The topological polar surface area (TPSA) is 63.4 Å². The lowest BCUT2D eigenvalue weighted by atomic mass is 9.78. The predicted octanol–water partition coefficient (Wildman–Crippen LogP) is 2.41. The molecule has 4 nitrogen and oxygen atoms in total. The minimum atomic E-state index is -4.68. The van der Waals surface area contributed by atoms with Gasteiger partial charge >= 0.3 is 0 Å². The summed E-state index contributed by atoms with van der Waals surface area (Å²) in [4.78, 5) is -1.57. The van der Waals surface area contributed by atoms with Crippen molar-refractivity contribution in [1.29, 1.82) is 0 Å². The molecule has 1 saturated carbocycles. The molecule has 3 atom stereocenters. The highest BCUT2D eigenvalue weighted by molar-refractivity contribution is 7.89. The normalized spacial score (nSPS) is 27.6. The van der Waals surface area contributed by atoms with Crippen molar-refractivity contribution in [2.24, 2.45) is 17.6 Å².